The zero-order valence-electron chi connectivity index (χ0n) is 9.34. The highest BCUT2D eigenvalue weighted by Crippen LogP contribution is 2.27. The van der Waals surface area contributed by atoms with E-state index < -0.39 is 0 Å². The van der Waals surface area contributed by atoms with E-state index in [1.54, 1.807) is 20.4 Å². The highest BCUT2D eigenvalue weighted by atomic mass is 16.5. The third-order valence-corrected chi connectivity index (χ3v) is 2.46. The summed E-state index contributed by atoms with van der Waals surface area (Å²) in [7, 11) is 3.24. The molecular formula is C13H14NO2+. The number of ether oxygens (including phenoxy) is 1. The van der Waals surface area contributed by atoms with Crippen LogP contribution >= 0.6 is 0 Å². The van der Waals surface area contributed by atoms with E-state index in [4.69, 9.17) is 4.74 Å². The molecule has 0 fully saturated rings. The summed E-state index contributed by atoms with van der Waals surface area (Å²) in [5.74, 6) is 0.841. The van der Waals surface area contributed by atoms with Gasteiger partial charge in [0, 0.05) is 5.39 Å². The Hall–Kier alpha value is -2.03. The molecule has 2 aromatic carbocycles. The van der Waals surface area contributed by atoms with E-state index in [-0.39, 0.29) is 0 Å². The topological polar surface area (TPSA) is 32.5 Å². The summed E-state index contributed by atoms with van der Waals surface area (Å²) < 4.78 is 6.35. The maximum Gasteiger partial charge on any atom is 0.222 e. The van der Waals surface area contributed by atoms with E-state index in [0.717, 1.165) is 26.8 Å². The minimum Gasteiger partial charge on any atom is -0.496 e. The minimum absolute atomic E-state index is 0.841. The summed E-state index contributed by atoms with van der Waals surface area (Å²) in [5, 5.41) is 11.3. The van der Waals surface area contributed by atoms with Crippen molar-refractivity contribution in [1.82, 2.24) is 0 Å². The molecule has 0 aliphatic heterocycles. The van der Waals surface area contributed by atoms with Crippen molar-refractivity contribution < 1.29 is 14.7 Å². The molecule has 3 heteroatoms. The number of nitrogens with zero attached hydrogens (tertiary/aromatic N) is 1. The molecule has 1 N–H and O–H groups in total. The average Bonchev–Trinajstić information content (AvgIpc) is 2.29. The summed E-state index contributed by atoms with van der Waals surface area (Å²) in [6.45, 7) is 0. The summed E-state index contributed by atoms with van der Waals surface area (Å²) in [4.78, 5) is 0. The van der Waals surface area contributed by atoms with Crippen molar-refractivity contribution in [2.45, 2.75) is 0 Å². The van der Waals surface area contributed by atoms with Gasteiger partial charge in [0.25, 0.3) is 0 Å². The first-order valence-corrected chi connectivity index (χ1v) is 5.04. The van der Waals surface area contributed by atoms with Gasteiger partial charge in [-0.2, -0.15) is 0 Å². The van der Waals surface area contributed by atoms with Crippen LogP contribution in [0.3, 0.4) is 0 Å². The number of methoxy groups -OCH3 is 1. The molecule has 0 amide bonds. The lowest BCUT2D eigenvalue weighted by Crippen LogP contribution is -2.01. The second-order valence-electron chi connectivity index (χ2n) is 3.61. The Morgan fingerprint density at radius 3 is 2.44 bits per heavy atom. The van der Waals surface area contributed by atoms with E-state index in [9.17, 15) is 5.21 Å². The summed E-state index contributed by atoms with van der Waals surface area (Å²) in [6, 6.07) is 11.8. The van der Waals surface area contributed by atoms with E-state index in [2.05, 4.69) is 0 Å². The molecule has 0 radical (unpaired) electrons. The third-order valence-electron chi connectivity index (χ3n) is 2.46. The summed E-state index contributed by atoms with van der Waals surface area (Å²) in [6.07, 6.45) is 1.67. The Bertz CT molecular complexity index is 543. The summed E-state index contributed by atoms with van der Waals surface area (Å²) in [5.41, 5.74) is 0.960. The second-order valence-corrected chi connectivity index (χ2v) is 3.61. The van der Waals surface area contributed by atoms with Crippen molar-refractivity contribution in [3.63, 3.8) is 0 Å². The Morgan fingerprint density at radius 2 is 1.81 bits per heavy atom. The van der Waals surface area contributed by atoms with E-state index in [1.807, 2.05) is 36.4 Å². The van der Waals surface area contributed by atoms with Crippen LogP contribution < -0.4 is 4.74 Å². The lowest BCUT2D eigenvalue weighted by molar-refractivity contribution is -0.750. The Morgan fingerprint density at radius 1 is 1.12 bits per heavy atom. The summed E-state index contributed by atoms with van der Waals surface area (Å²) >= 11 is 0. The zero-order chi connectivity index (χ0) is 11.5. The van der Waals surface area contributed by atoms with Crippen molar-refractivity contribution in [2.75, 3.05) is 14.2 Å². The van der Waals surface area contributed by atoms with Crippen molar-refractivity contribution >= 4 is 17.0 Å². The molecule has 0 atom stereocenters. The van der Waals surface area contributed by atoms with Crippen LogP contribution in [-0.2, 0) is 0 Å². The van der Waals surface area contributed by atoms with Crippen molar-refractivity contribution in [3.8, 4) is 5.75 Å². The molecule has 0 heterocycles. The van der Waals surface area contributed by atoms with Gasteiger partial charge in [0.2, 0.25) is 6.21 Å². The minimum atomic E-state index is 0.841. The number of hydrogen-bond acceptors (Lipinski definition) is 2. The first-order valence-electron chi connectivity index (χ1n) is 5.04. The van der Waals surface area contributed by atoms with Gasteiger partial charge in [0.1, 0.15) is 5.75 Å². The Balaban J connectivity index is 2.74. The molecule has 0 aliphatic rings. The van der Waals surface area contributed by atoms with Crippen LogP contribution in [0, 0.1) is 0 Å². The highest BCUT2D eigenvalue weighted by Gasteiger charge is 2.06. The lowest BCUT2D eigenvalue weighted by Gasteiger charge is -2.06. The van der Waals surface area contributed by atoms with Gasteiger partial charge in [0.15, 0.2) is 7.05 Å². The quantitative estimate of drug-likeness (QED) is 0.361. The number of fused-ring (bicyclic) bond motifs is 1. The van der Waals surface area contributed by atoms with Crippen LogP contribution in [0.1, 0.15) is 5.56 Å². The fourth-order valence-electron chi connectivity index (χ4n) is 1.79. The molecule has 0 aromatic heterocycles. The van der Waals surface area contributed by atoms with Gasteiger partial charge >= 0.3 is 0 Å². The number of benzene rings is 2. The van der Waals surface area contributed by atoms with Gasteiger partial charge in [0.05, 0.1) is 12.7 Å². The van der Waals surface area contributed by atoms with Crippen LogP contribution in [0.2, 0.25) is 0 Å². The monoisotopic (exact) mass is 216 g/mol. The van der Waals surface area contributed by atoms with E-state index in [1.165, 1.54) is 0 Å². The number of rotatable bonds is 2. The van der Waals surface area contributed by atoms with E-state index in [0.29, 0.717) is 0 Å². The fraction of sp³-hybridized carbons (Fsp3) is 0.154. The highest BCUT2D eigenvalue weighted by molar-refractivity contribution is 6.01. The first-order chi connectivity index (χ1) is 7.72. The lowest BCUT2D eigenvalue weighted by atomic mass is 10.0. The molecule has 0 spiro atoms. The van der Waals surface area contributed by atoms with Crippen LogP contribution in [0.4, 0.5) is 0 Å². The first kappa shape index (κ1) is 10.5. The predicted octanol–water partition coefficient (Wildman–Crippen LogP) is 2.30. The molecule has 0 bridgehead atoms. The second kappa shape index (κ2) is 4.23. The predicted molar refractivity (Wildman–Crippen MR) is 63.6 cm³/mol. The standard InChI is InChI=1S/C13H14NO2/c1-14(15)9-10-7-8-13(16-2)12-6-4-3-5-11(10)12/h3-9,15H,1-2H3/q+1/b14-9+. The Kier molecular flexibility index (Phi) is 2.77. The SMILES string of the molecule is COc1ccc(/C=[N+](\C)O)c2ccccc12. The molecule has 16 heavy (non-hydrogen) atoms. The van der Waals surface area contributed by atoms with Gasteiger partial charge in [-0.3, -0.25) is 5.21 Å². The molecule has 0 saturated heterocycles. The van der Waals surface area contributed by atoms with Gasteiger partial charge in [-0.25, -0.2) is 0 Å². The van der Waals surface area contributed by atoms with Crippen LogP contribution in [0.15, 0.2) is 36.4 Å². The number of hydrogen-bond donors (Lipinski definition) is 1. The molecule has 0 aliphatic carbocycles. The normalized spacial score (nSPS) is 11.8. The smallest absolute Gasteiger partial charge is 0.222 e. The van der Waals surface area contributed by atoms with Crippen LogP contribution in [-0.4, -0.2) is 30.3 Å². The molecule has 0 saturated carbocycles. The maximum atomic E-state index is 9.24. The van der Waals surface area contributed by atoms with Gasteiger partial charge in [-0.15, -0.1) is 0 Å². The van der Waals surface area contributed by atoms with Crippen molar-refractivity contribution in [2.24, 2.45) is 0 Å². The molecule has 82 valence electrons. The fourth-order valence-corrected chi connectivity index (χ4v) is 1.79. The Labute approximate surface area is 94.2 Å². The zero-order valence-corrected chi connectivity index (χ0v) is 9.34. The van der Waals surface area contributed by atoms with Crippen molar-refractivity contribution in [1.29, 1.82) is 0 Å². The molecule has 2 rings (SSSR count). The molecule has 2 aromatic rings. The molecule has 0 unspecified atom stereocenters. The molecule has 3 nitrogen and oxygen atoms in total. The van der Waals surface area contributed by atoms with Crippen LogP contribution in [0.5, 0.6) is 5.75 Å². The number of hydroxylamine groups is 1. The average molecular weight is 216 g/mol. The maximum absolute atomic E-state index is 9.24. The largest absolute Gasteiger partial charge is 0.496 e. The van der Waals surface area contributed by atoms with Gasteiger partial charge in [-0.1, -0.05) is 24.3 Å². The van der Waals surface area contributed by atoms with Gasteiger partial charge < -0.3 is 4.74 Å². The van der Waals surface area contributed by atoms with Crippen LogP contribution in [0.25, 0.3) is 10.8 Å². The van der Waals surface area contributed by atoms with Gasteiger partial charge in [-0.05, 0) is 22.3 Å². The third kappa shape index (κ3) is 1.84. The van der Waals surface area contributed by atoms with E-state index >= 15 is 0 Å². The molecular weight excluding hydrogens is 202 g/mol. The van der Waals surface area contributed by atoms with Crippen molar-refractivity contribution in [3.05, 3.63) is 42.0 Å².